The lowest BCUT2D eigenvalue weighted by molar-refractivity contribution is 0.0695. The van der Waals surface area contributed by atoms with E-state index in [1.807, 2.05) is 0 Å². The van der Waals surface area contributed by atoms with Gasteiger partial charge in [-0.1, -0.05) is 39.5 Å². The summed E-state index contributed by atoms with van der Waals surface area (Å²) in [6, 6.07) is 4.87. The van der Waals surface area contributed by atoms with Crippen LogP contribution in [0, 0.1) is 0 Å². The molecule has 0 amide bonds. The van der Waals surface area contributed by atoms with E-state index < -0.39 is 5.97 Å². The van der Waals surface area contributed by atoms with Crippen molar-refractivity contribution in [3.8, 4) is 11.5 Å². The molecule has 118 valence electrons. The molecule has 0 radical (unpaired) electrons. The Morgan fingerprint density at radius 3 is 1.76 bits per heavy atom. The number of ether oxygens (including phenoxy) is 2. The Morgan fingerprint density at radius 1 is 0.905 bits per heavy atom. The molecule has 4 nitrogen and oxygen atoms in total. The summed E-state index contributed by atoms with van der Waals surface area (Å²) in [4.78, 5) is 11.1. The average Bonchev–Trinajstić information content (AvgIpc) is 2.48. The molecule has 4 heteroatoms. The largest absolute Gasteiger partial charge is 0.493 e. The first-order chi connectivity index (χ1) is 10.2. The van der Waals surface area contributed by atoms with Crippen molar-refractivity contribution in [1.82, 2.24) is 0 Å². The number of carboxylic acids is 1. The molecule has 1 aromatic rings. The molecule has 0 unspecified atom stereocenters. The van der Waals surface area contributed by atoms with Crippen molar-refractivity contribution >= 4 is 5.97 Å². The highest BCUT2D eigenvalue weighted by atomic mass is 16.5. The molecule has 0 heterocycles. The number of aromatic carboxylic acids is 1. The molecular weight excluding hydrogens is 268 g/mol. The van der Waals surface area contributed by atoms with Gasteiger partial charge in [-0.05, 0) is 25.0 Å². The monoisotopic (exact) mass is 294 g/mol. The predicted octanol–water partition coefficient (Wildman–Crippen LogP) is 4.52. The van der Waals surface area contributed by atoms with Gasteiger partial charge in [-0.25, -0.2) is 4.79 Å². The second kappa shape index (κ2) is 10.1. The highest BCUT2D eigenvalue weighted by molar-refractivity contribution is 5.88. The molecule has 0 aromatic heterocycles. The third kappa shape index (κ3) is 7.02. The highest BCUT2D eigenvalue weighted by Gasteiger charge is 2.09. The van der Waals surface area contributed by atoms with Crippen LogP contribution in [0.25, 0.3) is 0 Å². The first kappa shape index (κ1) is 17.3. The minimum Gasteiger partial charge on any atom is -0.493 e. The third-order valence-corrected chi connectivity index (χ3v) is 3.16. The van der Waals surface area contributed by atoms with Gasteiger partial charge in [-0.2, -0.15) is 0 Å². The van der Waals surface area contributed by atoms with Crippen molar-refractivity contribution in [1.29, 1.82) is 0 Å². The van der Waals surface area contributed by atoms with Crippen LogP contribution in [0.3, 0.4) is 0 Å². The molecule has 0 atom stereocenters. The Labute approximate surface area is 127 Å². The van der Waals surface area contributed by atoms with Gasteiger partial charge in [-0.3, -0.25) is 0 Å². The fraction of sp³-hybridized carbons (Fsp3) is 0.588. The standard InChI is InChI=1S/C17H26O4/c1-3-5-7-9-20-15-11-14(17(18)19)12-16(13-15)21-10-8-6-4-2/h11-13H,3-10H2,1-2H3,(H,18,19). The van der Waals surface area contributed by atoms with Gasteiger partial charge in [0.05, 0.1) is 18.8 Å². The van der Waals surface area contributed by atoms with E-state index in [1.165, 1.54) is 0 Å². The second-order valence-electron chi connectivity index (χ2n) is 5.11. The van der Waals surface area contributed by atoms with Crippen LogP contribution in [-0.2, 0) is 0 Å². The van der Waals surface area contributed by atoms with Gasteiger partial charge in [-0.15, -0.1) is 0 Å². The second-order valence-corrected chi connectivity index (χ2v) is 5.11. The minimum atomic E-state index is -0.965. The lowest BCUT2D eigenvalue weighted by Crippen LogP contribution is -2.03. The fourth-order valence-corrected chi connectivity index (χ4v) is 1.95. The molecule has 0 fully saturated rings. The summed E-state index contributed by atoms with van der Waals surface area (Å²) in [5, 5.41) is 9.14. The van der Waals surface area contributed by atoms with E-state index in [-0.39, 0.29) is 5.56 Å². The fourth-order valence-electron chi connectivity index (χ4n) is 1.95. The van der Waals surface area contributed by atoms with Crippen LogP contribution in [-0.4, -0.2) is 24.3 Å². The number of rotatable bonds is 11. The van der Waals surface area contributed by atoms with Crippen LogP contribution in [0.5, 0.6) is 11.5 Å². The molecule has 0 aliphatic heterocycles. The number of carbonyl (C=O) groups is 1. The van der Waals surface area contributed by atoms with Gasteiger partial charge in [0, 0.05) is 6.07 Å². The van der Waals surface area contributed by atoms with Gasteiger partial charge in [0.15, 0.2) is 0 Å². The number of hydrogen-bond acceptors (Lipinski definition) is 3. The molecule has 1 N–H and O–H groups in total. The van der Waals surface area contributed by atoms with Gasteiger partial charge >= 0.3 is 5.97 Å². The van der Waals surface area contributed by atoms with Gasteiger partial charge in [0.25, 0.3) is 0 Å². The van der Waals surface area contributed by atoms with Crippen LogP contribution in [0.2, 0.25) is 0 Å². The summed E-state index contributed by atoms with van der Waals surface area (Å²) in [5.74, 6) is 0.167. The Bertz CT molecular complexity index is 399. The molecular formula is C17H26O4. The van der Waals surface area contributed by atoms with E-state index in [1.54, 1.807) is 18.2 Å². The van der Waals surface area contributed by atoms with Gasteiger partial charge < -0.3 is 14.6 Å². The zero-order chi connectivity index (χ0) is 15.5. The molecule has 21 heavy (non-hydrogen) atoms. The van der Waals surface area contributed by atoms with E-state index in [2.05, 4.69) is 13.8 Å². The summed E-state index contributed by atoms with van der Waals surface area (Å²) < 4.78 is 11.2. The Morgan fingerprint density at radius 2 is 1.38 bits per heavy atom. The topological polar surface area (TPSA) is 55.8 Å². The molecule has 0 bridgehead atoms. The van der Waals surface area contributed by atoms with Crippen molar-refractivity contribution in [2.75, 3.05) is 13.2 Å². The molecule has 1 rings (SSSR count). The maximum Gasteiger partial charge on any atom is 0.335 e. The number of unbranched alkanes of at least 4 members (excludes halogenated alkanes) is 4. The summed E-state index contributed by atoms with van der Waals surface area (Å²) in [6.45, 7) is 5.47. The average molecular weight is 294 g/mol. The van der Waals surface area contributed by atoms with Crippen LogP contribution in [0.15, 0.2) is 18.2 Å². The Kier molecular flexibility index (Phi) is 8.32. The Balaban J connectivity index is 2.63. The molecule has 0 saturated heterocycles. The lowest BCUT2D eigenvalue weighted by Gasteiger charge is -2.11. The molecule has 0 spiro atoms. The maximum atomic E-state index is 11.1. The van der Waals surface area contributed by atoms with Crippen LogP contribution in [0.4, 0.5) is 0 Å². The van der Waals surface area contributed by atoms with E-state index >= 15 is 0 Å². The highest BCUT2D eigenvalue weighted by Crippen LogP contribution is 2.23. The first-order valence-electron chi connectivity index (χ1n) is 7.81. The van der Waals surface area contributed by atoms with Crippen molar-refractivity contribution in [2.45, 2.75) is 52.4 Å². The molecule has 1 aromatic carbocycles. The SMILES string of the molecule is CCCCCOc1cc(OCCCCC)cc(C(=O)O)c1. The molecule has 0 aliphatic rings. The van der Waals surface area contributed by atoms with E-state index in [0.29, 0.717) is 24.7 Å². The van der Waals surface area contributed by atoms with Crippen molar-refractivity contribution in [3.05, 3.63) is 23.8 Å². The van der Waals surface area contributed by atoms with E-state index in [9.17, 15) is 4.79 Å². The van der Waals surface area contributed by atoms with Gasteiger partial charge in [0.1, 0.15) is 11.5 Å². The summed E-state index contributed by atoms with van der Waals surface area (Å²) in [6.07, 6.45) is 6.42. The van der Waals surface area contributed by atoms with Gasteiger partial charge in [0.2, 0.25) is 0 Å². The summed E-state index contributed by atoms with van der Waals surface area (Å²) >= 11 is 0. The maximum absolute atomic E-state index is 11.1. The number of hydrogen-bond donors (Lipinski definition) is 1. The van der Waals surface area contributed by atoms with E-state index in [4.69, 9.17) is 14.6 Å². The zero-order valence-corrected chi connectivity index (χ0v) is 13.1. The lowest BCUT2D eigenvalue weighted by atomic mass is 10.2. The molecule has 0 saturated carbocycles. The Hall–Kier alpha value is -1.71. The van der Waals surface area contributed by atoms with E-state index in [0.717, 1.165) is 38.5 Å². The van der Waals surface area contributed by atoms with Crippen molar-refractivity contribution in [3.63, 3.8) is 0 Å². The summed E-state index contributed by atoms with van der Waals surface area (Å²) in [7, 11) is 0. The zero-order valence-electron chi connectivity index (χ0n) is 13.1. The van der Waals surface area contributed by atoms with Crippen LogP contribution >= 0.6 is 0 Å². The number of benzene rings is 1. The van der Waals surface area contributed by atoms with Crippen LogP contribution < -0.4 is 9.47 Å². The van der Waals surface area contributed by atoms with Crippen molar-refractivity contribution in [2.24, 2.45) is 0 Å². The van der Waals surface area contributed by atoms with Crippen molar-refractivity contribution < 1.29 is 19.4 Å². The normalized spacial score (nSPS) is 10.4. The quantitative estimate of drug-likeness (QED) is 0.609. The van der Waals surface area contributed by atoms with Crippen LogP contribution in [0.1, 0.15) is 62.7 Å². The number of carboxylic acid groups (broad SMARTS) is 1. The molecule has 0 aliphatic carbocycles. The first-order valence-corrected chi connectivity index (χ1v) is 7.81. The predicted molar refractivity (Wildman–Crippen MR) is 83.4 cm³/mol. The third-order valence-electron chi connectivity index (χ3n) is 3.16. The minimum absolute atomic E-state index is 0.202. The smallest absolute Gasteiger partial charge is 0.335 e. The summed E-state index contributed by atoms with van der Waals surface area (Å²) in [5.41, 5.74) is 0.202.